The van der Waals surface area contributed by atoms with Crippen LogP contribution in [0.15, 0.2) is 59.5 Å². The summed E-state index contributed by atoms with van der Waals surface area (Å²) in [5, 5.41) is 4.24. The molecule has 0 bridgehead atoms. The number of rotatable bonds is 11. The Balaban J connectivity index is 1.64. The lowest BCUT2D eigenvalue weighted by Gasteiger charge is -2.09. The second-order valence-corrected chi connectivity index (χ2v) is 7.20. The van der Waals surface area contributed by atoms with Crippen LogP contribution in [0.5, 0.6) is 0 Å². The number of hydrogen-bond donors (Lipinski definition) is 0. The first-order valence-electron chi connectivity index (χ1n) is 10.3. The number of halogens is 2. The van der Waals surface area contributed by atoms with E-state index in [1.54, 1.807) is 31.4 Å². The molecule has 3 rings (SSSR count). The summed E-state index contributed by atoms with van der Waals surface area (Å²) >= 11 is 0. The van der Waals surface area contributed by atoms with Crippen LogP contribution in [0.25, 0.3) is 5.69 Å². The van der Waals surface area contributed by atoms with E-state index in [-0.39, 0.29) is 42.9 Å². The highest BCUT2D eigenvalue weighted by Crippen LogP contribution is 2.13. The summed E-state index contributed by atoms with van der Waals surface area (Å²) in [5.41, 5.74) is 1.55. The van der Waals surface area contributed by atoms with E-state index in [9.17, 15) is 18.4 Å². The Labute approximate surface area is 189 Å². The van der Waals surface area contributed by atoms with E-state index in [0.29, 0.717) is 13.2 Å². The van der Waals surface area contributed by atoms with Gasteiger partial charge in [0.05, 0.1) is 31.9 Å². The van der Waals surface area contributed by atoms with Gasteiger partial charge in [0.15, 0.2) is 0 Å². The number of nitrogens with zero attached hydrogens (tertiary/aromatic N) is 2. The van der Waals surface area contributed by atoms with E-state index in [1.807, 2.05) is 0 Å². The van der Waals surface area contributed by atoms with Crippen molar-refractivity contribution in [1.82, 2.24) is 9.78 Å². The lowest BCUT2D eigenvalue weighted by Crippen LogP contribution is -2.17. The monoisotopic (exact) mass is 458 g/mol. The number of methoxy groups -OCH3 is 1. The standard InChI is InChI=1S/C24H24F2N2O5/c1-31-7-8-32-9-10-33-24(30)13-18-4-2-3-17(11-18)12-22-23(29)5-6-28(27-22)21-15-19(25)14-20(26)16-21/h2-6,11,14-16H,7-10,12-13H2,1H3. The number of carbonyl (C=O) groups is 1. The van der Waals surface area contributed by atoms with Crippen molar-refractivity contribution in [3.8, 4) is 5.69 Å². The van der Waals surface area contributed by atoms with Crippen LogP contribution < -0.4 is 5.43 Å². The van der Waals surface area contributed by atoms with E-state index >= 15 is 0 Å². The van der Waals surface area contributed by atoms with Gasteiger partial charge in [0, 0.05) is 31.9 Å². The topological polar surface area (TPSA) is 79.7 Å². The normalized spacial score (nSPS) is 10.9. The molecule has 3 aromatic rings. The first-order valence-corrected chi connectivity index (χ1v) is 10.3. The molecule has 2 aromatic carbocycles. The van der Waals surface area contributed by atoms with Gasteiger partial charge in [-0.1, -0.05) is 24.3 Å². The molecule has 0 radical (unpaired) electrons. The maximum Gasteiger partial charge on any atom is 0.310 e. The number of benzene rings is 2. The maximum atomic E-state index is 13.5. The van der Waals surface area contributed by atoms with Crippen LogP contribution in [0.1, 0.15) is 16.8 Å². The van der Waals surface area contributed by atoms with Crippen LogP contribution in [-0.2, 0) is 31.8 Å². The van der Waals surface area contributed by atoms with Crippen molar-refractivity contribution in [2.75, 3.05) is 33.5 Å². The van der Waals surface area contributed by atoms with Crippen molar-refractivity contribution >= 4 is 5.97 Å². The van der Waals surface area contributed by atoms with Gasteiger partial charge in [-0.3, -0.25) is 9.59 Å². The summed E-state index contributed by atoms with van der Waals surface area (Å²) in [4.78, 5) is 24.4. The fraction of sp³-hybridized carbons (Fsp3) is 0.292. The van der Waals surface area contributed by atoms with Crippen LogP contribution in [0.2, 0.25) is 0 Å². The Kier molecular flexibility index (Phi) is 8.79. The molecule has 0 spiro atoms. The van der Waals surface area contributed by atoms with Gasteiger partial charge in [-0.05, 0) is 23.3 Å². The highest BCUT2D eigenvalue weighted by atomic mass is 19.1. The molecule has 0 N–H and O–H groups in total. The fourth-order valence-corrected chi connectivity index (χ4v) is 3.10. The van der Waals surface area contributed by atoms with Gasteiger partial charge in [-0.2, -0.15) is 5.10 Å². The van der Waals surface area contributed by atoms with Crippen LogP contribution in [0.4, 0.5) is 8.78 Å². The summed E-state index contributed by atoms with van der Waals surface area (Å²) in [6.07, 6.45) is 1.61. The molecule has 0 amide bonds. The van der Waals surface area contributed by atoms with Crippen molar-refractivity contribution in [2.24, 2.45) is 0 Å². The molecule has 9 heteroatoms. The van der Waals surface area contributed by atoms with Crippen LogP contribution in [0, 0.1) is 11.6 Å². The minimum absolute atomic E-state index is 0.0704. The third kappa shape index (κ3) is 7.58. The number of carbonyl (C=O) groups excluding carboxylic acids is 1. The SMILES string of the molecule is COCCOCCOC(=O)Cc1cccc(Cc2nn(-c3cc(F)cc(F)c3)ccc2=O)c1. The van der Waals surface area contributed by atoms with Gasteiger partial charge in [-0.15, -0.1) is 0 Å². The second-order valence-electron chi connectivity index (χ2n) is 7.20. The summed E-state index contributed by atoms with van der Waals surface area (Å²) in [5.74, 6) is -1.88. The van der Waals surface area contributed by atoms with Gasteiger partial charge in [0.2, 0.25) is 5.43 Å². The largest absolute Gasteiger partial charge is 0.463 e. The van der Waals surface area contributed by atoms with E-state index in [4.69, 9.17) is 14.2 Å². The highest BCUT2D eigenvalue weighted by molar-refractivity contribution is 5.72. The van der Waals surface area contributed by atoms with Crippen LogP contribution >= 0.6 is 0 Å². The zero-order chi connectivity index (χ0) is 23.6. The lowest BCUT2D eigenvalue weighted by atomic mass is 10.0. The molecule has 0 saturated heterocycles. The molecule has 33 heavy (non-hydrogen) atoms. The molecule has 0 fully saturated rings. The summed E-state index contributed by atoms with van der Waals surface area (Å²) in [6.45, 7) is 1.34. The van der Waals surface area contributed by atoms with E-state index in [1.165, 1.54) is 16.9 Å². The Morgan fingerprint density at radius 1 is 0.970 bits per heavy atom. The molecule has 174 valence electrons. The molecule has 0 unspecified atom stereocenters. The molecular formula is C24H24F2N2O5. The van der Waals surface area contributed by atoms with Gasteiger partial charge in [-0.25, -0.2) is 13.5 Å². The number of aromatic nitrogens is 2. The van der Waals surface area contributed by atoms with Gasteiger partial charge in [0.1, 0.15) is 23.9 Å². The second kappa shape index (κ2) is 12.0. The Bertz CT molecular complexity index is 1130. The number of hydrogen-bond acceptors (Lipinski definition) is 6. The van der Waals surface area contributed by atoms with Crippen molar-refractivity contribution in [3.63, 3.8) is 0 Å². The van der Waals surface area contributed by atoms with E-state index < -0.39 is 17.6 Å². The van der Waals surface area contributed by atoms with Gasteiger partial charge < -0.3 is 14.2 Å². The average Bonchev–Trinajstić information content (AvgIpc) is 2.77. The van der Waals surface area contributed by atoms with E-state index in [2.05, 4.69) is 5.10 Å². The molecule has 0 saturated carbocycles. The average molecular weight is 458 g/mol. The minimum atomic E-state index is -0.742. The fourth-order valence-electron chi connectivity index (χ4n) is 3.10. The minimum Gasteiger partial charge on any atom is -0.463 e. The maximum absolute atomic E-state index is 13.5. The van der Waals surface area contributed by atoms with Crippen LogP contribution in [0.3, 0.4) is 0 Å². The van der Waals surface area contributed by atoms with Crippen molar-refractivity contribution < 1.29 is 27.8 Å². The predicted octanol–water partition coefficient (Wildman–Crippen LogP) is 2.85. The lowest BCUT2D eigenvalue weighted by molar-refractivity contribution is -0.144. The van der Waals surface area contributed by atoms with Crippen molar-refractivity contribution in [1.29, 1.82) is 0 Å². The molecule has 0 aliphatic rings. The van der Waals surface area contributed by atoms with Gasteiger partial charge in [0.25, 0.3) is 0 Å². The van der Waals surface area contributed by atoms with Crippen molar-refractivity contribution in [3.05, 3.63) is 93.4 Å². The number of esters is 1. The van der Waals surface area contributed by atoms with E-state index in [0.717, 1.165) is 29.3 Å². The summed E-state index contributed by atoms with van der Waals surface area (Å²) in [7, 11) is 1.58. The molecule has 1 aromatic heterocycles. The Morgan fingerprint density at radius 3 is 2.45 bits per heavy atom. The van der Waals surface area contributed by atoms with Crippen molar-refractivity contribution in [2.45, 2.75) is 12.8 Å². The first-order chi connectivity index (χ1) is 15.9. The third-order valence-electron chi connectivity index (χ3n) is 4.63. The molecule has 0 aliphatic carbocycles. The zero-order valence-electron chi connectivity index (χ0n) is 18.1. The predicted molar refractivity (Wildman–Crippen MR) is 116 cm³/mol. The van der Waals surface area contributed by atoms with Gasteiger partial charge >= 0.3 is 5.97 Å². The highest BCUT2D eigenvalue weighted by Gasteiger charge is 2.10. The Hall–Kier alpha value is -3.43. The molecular weight excluding hydrogens is 434 g/mol. The third-order valence-corrected chi connectivity index (χ3v) is 4.63. The zero-order valence-corrected chi connectivity index (χ0v) is 18.1. The summed E-state index contributed by atoms with van der Waals surface area (Å²) < 4.78 is 43.6. The summed E-state index contributed by atoms with van der Waals surface area (Å²) in [6, 6.07) is 11.5. The molecule has 1 heterocycles. The first kappa shape index (κ1) is 24.2. The smallest absolute Gasteiger partial charge is 0.310 e. The Morgan fingerprint density at radius 2 is 1.70 bits per heavy atom. The quantitative estimate of drug-likeness (QED) is 0.325. The van der Waals surface area contributed by atoms with Crippen LogP contribution in [-0.4, -0.2) is 49.3 Å². The number of ether oxygens (including phenoxy) is 3. The molecule has 7 nitrogen and oxygen atoms in total. The molecule has 0 aliphatic heterocycles. The molecule has 0 atom stereocenters.